The monoisotopic (exact) mass is 352 g/mol. The Morgan fingerprint density at radius 2 is 1.96 bits per heavy atom. The maximum atomic E-state index is 12.6. The quantitative estimate of drug-likeness (QED) is 0.749. The van der Waals surface area contributed by atoms with Gasteiger partial charge < -0.3 is 5.32 Å². The molecule has 0 aliphatic heterocycles. The number of rotatable bonds is 4. The zero-order valence-electron chi connectivity index (χ0n) is 12.3. The predicted molar refractivity (Wildman–Crippen MR) is 85.1 cm³/mol. The van der Waals surface area contributed by atoms with E-state index in [9.17, 15) is 13.2 Å². The topological polar surface area (TPSA) is 42.7 Å². The van der Waals surface area contributed by atoms with Gasteiger partial charge in [0, 0.05) is 25.1 Å². The van der Waals surface area contributed by atoms with E-state index in [0.29, 0.717) is 6.54 Å². The first-order valence-corrected chi connectivity index (χ1v) is 7.37. The minimum atomic E-state index is -4.47. The third-order valence-corrected chi connectivity index (χ3v) is 3.65. The van der Waals surface area contributed by atoms with Crippen molar-refractivity contribution < 1.29 is 13.2 Å². The average Bonchev–Trinajstić information content (AvgIpc) is 3.07. The molecule has 0 atom stereocenters. The van der Waals surface area contributed by atoms with E-state index in [-0.39, 0.29) is 10.8 Å². The number of para-hydroxylation sites is 1. The van der Waals surface area contributed by atoms with Gasteiger partial charge >= 0.3 is 6.18 Å². The fourth-order valence-corrected chi connectivity index (χ4v) is 2.43. The Labute approximate surface area is 140 Å². The minimum absolute atomic E-state index is 0.0820. The standard InChI is InChI=1S/C16H12ClF3N4/c17-13-8-12(16(18,19)20)10-22-15(13)21-9-11-4-1-2-5-14(11)24-7-3-6-23-24/h1-8,10H,9H2,(H,21,22). The van der Waals surface area contributed by atoms with Crippen LogP contribution < -0.4 is 5.32 Å². The molecule has 0 unspecified atom stereocenters. The van der Waals surface area contributed by atoms with Crippen LogP contribution >= 0.6 is 11.6 Å². The second-order valence-electron chi connectivity index (χ2n) is 4.99. The molecule has 0 radical (unpaired) electrons. The van der Waals surface area contributed by atoms with E-state index in [1.165, 1.54) is 0 Å². The number of nitrogens with zero attached hydrogens (tertiary/aromatic N) is 3. The Balaban J connectivity index is 1.80. The molecule has 2 heterocycles. The lowest BCUT2D eigenvalue weighted by Crippen LogP contribution is -2.09. The van der Waals surface area contributed by atoms with E-state index in [4.69, 9.17) is 11.6 Å². The number of hydrogen-bond acceptors (Lipinski definition) is 3. The summed E-state index contributed by atoms with van der Waals surface area (Å²) in [6.07, 6.45) is -0.240. The molecule has 1 N–H and O–H groups in total. The zero-order chi connectivity index (χ0) is 17.2. The molecule has 0 aliphatic rings. The van der Waals surface area contributed by atoms with Crippen molar-refractivity contribution in [2.24, 2.45) is 0 Å². The maximum absolute atomic E-state index is 12.6. The fraction of sp³-hybridized carbons (Fsp3) is 0.125. The van der Waals surface area contributed by atoms with Gasteiger partial charge in [0.25, 0.3) is 0 Å². The van der Waals surface area contributed by atoms with Crippen LogP contribution in [0.5, 0.6) is 0 Å². The molecule has 4 nitrogen and oxygen atoms in total. The van der Waals surface area contributed by atoms with Gasteiger partial charge in [-0.05, 0) is 23.8 Å². The minimum Gasteiger partial charge on any atom is -0.365 e. The van der Waals surface area contributed by atoms with Crippen LogP contribution in [-0.4, -0.2) is 14.8 Å². The van der Waals surface area contributed by atoms with Crippen LogP contribution in [0.4, 0.5) is 19.0 Å². The molecule has 1 aromatic carbocycles. The Hall–Kier alpha value is -2.54. The molecular weight excluding hydrogens is 341 g/mol. The number of alkyl halides is 3. The number of benzene rings is 1. The van der Waals surface area contributed by atoms with Crippen LogP contribution in [0.15, 0.2) is 55.0 Å². The number of nitrogens with one attached hydrogen (secondary N) is 1. The predicted octanol–water partition coefficient (Wildman–Crippen LogP) is 4.55. The molecule has 0 spiro atoms. The van der Waals surface area contributed by atoms with Crippen molar-refractivity contribution in [3.05, 3.63) is 71.1 Å². The van der Waals surface area contributed by atoms with Crippen LogP contribution in [0.25, 0.3) is 5.69 Å². The number of hydrogen-bond donors (Lipinski definition) is 1. The smallest absolute Gasteiger partial charge is 0.365 e. The molecular formula is C16H12ClF3N4. The Morgan fingerprint density at radius 3 is 2.62 bits per heavy atom. The van der Waals surface area contributed by atoms with Crippen LogP contribution in [-0.2, 0) is 12.7 Å². The highest BCUT2D eigenvalue weighted by molar-refractivity contribution is 6.32. The molecule has 124 valence electrons. The van der Waals surface area contributed by atoms with Gasteiger partial charge in [-0.15, -0.1) is 0 Å². The SMILES string of the molecule is FC(F)(F)c1cnc(NCc2ccccc2-n2cccn2)c(Cl)c1. The highest BCUT2D eigenvalue weighted by atomic mass is 35.5. The van der Waals surface area contributed by atoms with Crippen LogP contribution in [0.3, 0.4) is 0 Å². The summed E-state index contributed by atoms with van der Waals surface area (Å²) in [5, 5.41) is 7.06. The normalized spacial score (nSPS) is 11.5. The van der Waals surface area contributed by atoms with Gasteiger partial charge in [0.1, 0.15) is 5.82 Å². The summed E-state index contributed by atoms with van der Waals surface area (Å²) in [4.78, 5) is 3.77. The number of pyridine rings is 1. The Kier molecular flexibility index (Phi) is 4.44. The molecule has 0 fully saturated rings. The van der Waals surface area contributed by atoms with E-state index in [2.05, 4.69) is 15.4 Å². The van der Waals surface area contributed by atoms with E-state index >= 15 is 0 Å². The lowest BCUT2D eigenvalue weighted by Gasteiger charge is -2.13. The summed E-state index contributed by atoms with van der Waals surface area (Å²) in [5.41, 5.74) is 0.881. The van der Waals surface area contributed by atoms with Crippen LogP contribution in [0.1, 0.15) is 11.1 Å². The molecule has 2 aromatic heterocycles. The molecule has 0 saturated carbocycles. The van der Waals surface area contributed by atoms with E-state index < -0.39 is 11.7 Å². The molecule has 0 aliphatic carbocycles. The van der Waals surface area contributed by atoms with E-state index in [0.717, 1.165) is 23.5 Å². The Morgan fingerprint density at radius 1 is 1.17 bits per heavy atom. The van der Waals surface area contributed by atoms with Gasteiger partial charge in [0.05, 0.1) is 16.3 Å². The molecule has 0 bridgehead atoms. The van der Waals surface area contributed by atoms with Gasteiger partial charge in [-0.2, -0.15) is 18.3 Å². The van der Waals surface area contributed by atoms with Crippen molar-refractivity contribution in [3.8, 4) is 5.69 Å². The second kappa shape index (κ2) is 6.52. The number of anilines is 1. The zero-order valence-corrected chi connectivity index (χ0v) is 13.0. The highest BCUT2D eigenvalue weighted by Gasteiger charge is 2.31. The Bertz CT molecular complexity index is 832. The van der Waals surface area contributed by atoms with Crippen LogP contribution in [0, 0.1) is 0 Å². The van der Waals surface area contributed by atoms with Crippen molar-refractivity contribution in [2.45, 2.75) is 12.7 Å². The van der Waals surface area contributed by atoms with Gasteiger partial charge in [-0.25, -0.2) is 9.67 Å². The third-order valence-electron chi connectivity index (χ3n) is 3.36. The van der Waals surface area contributed by atoms with Crippen molar-refractivity contribution in [2.75, 3.05) is 5.32 Å². The largest absolute Gasteiger partial charge is 0.417 e. The lowest BCUT2D eigenvalue weighted by atomic mass is 10.1. The third kappa shape index (κ3) is 3.51. The fourth-order valence-electron chi connectivity index (χ4n) is 2.20. The summed E-state index contributed by atoms with van der Waals surface area (Å²) in [7, 11) is 0. The molecule has 8 heteroatoms. The number of halogens is 4. The summed E-state index contributed by atoms with van der Waals surface area (Å²) in [5.74, 6) is 0.194. The summed E-state index contributed by atoms with van der Waals surface area (Å²) >= 11 is 5.90. The first-order valence-electron chi connectivity index (χ1n) is 6.99. The van der Waals surface area contributed by atoms with Gasteiger partial charge in [0.2, 0.25) is 0 Å². The first kappa shape index (κ1) is 16.3. The summed E-state index contributed by atoms with van der Waals surface area (Å²) in [6, 6.07) is 10.2. The summed E-state index contributed by atoms with van der Waals surface area (Å²) in [6.45, 7) is 0.341. The molecule has 0 saturated heterocycles. The van der Waals surface area contributed by atoms with Gasteiger partial charge in [-0.3, -0.25) is 0 Å². The van der Waals surface area contributed by atoms with Crippen molar-refractivity contribution in [3.63, 3.8) is 0 Å². The maximum Gasteiger partial charge on any atom is 0.417 e. The van der Waals surface area contributed by atoms with Crippen molar-refractivity contribution in [1.29, 1.82) is 0 Å². The van der Waals surface area contributed by atoms with Crippen molar-refractivity contribution >= 4 is 17.4 Å². The average molecular weight is 353 g/mol. The van der Waals surface area contributed by atoms with E-state index in [1.54, 1.807) is 16.9 Å². The second-order valence-corrected chi connectivity index (χ2v) is 5.39. The van der Waals surface area contributed by atoms with E-state index in [1.807, 2.05) is 30.5 Å². The molecule has 24 heavy (non-hydrogen) atoms. The molecule has 0 amide bonds. The van der Waals surface area contributed by atoms with Gasteiger partial charge in [0.15, 0.2) is 0 Å². The number of aromatic nitrogens is 3. The highest BCUT2D eigenvalue weighted by Crippen LogP contribution is 2.32. The van der Waals surface area contributed by atoms with Gasteiger partial charge in [-0.1, -0.05) is 29.8 Å². The summed E-state index contributed by atoms with van der Waals surface area (Å²) < 4.78 is 39.6. The molecule has 3 aromatic rings. The van der Waals surface area contributed by atoms with Crippen molar-refractivity contribution in [1.82, 2.24) is 14.8 Å². The van der Waals surface area contributed by atoms with Crippen LogP contribution in [0.2, 0.25) is 5.02 Å². The first-order chi connectivity index (χ1) is 11.4. The lowest BCUT2D eigenvalue weighted by molar-refractivity contribution is -0.137. The molecule has 3 rings (SSSR count).